The summed E-state index contributed by atoms with van der Waals surface area (Å²) in [6, 6.07) is 10.4. The van der Waals surface area contributed by atoms with Crippen molar-refractivity contribution in [1.29, 1.82) is 5.26 Å². The number of morpholine rings is 1. The molecule has 1 heterocycles. The molecule has 1 aliphatic heterocycles. The summed E-state index contributed by atoms with van der Waals surface area (Å²) >= 11 is 0. The highest BCUT2D eigenvalue weighted by Crippen LogP contribution is 2.23. The second kappa shape index (κ2) is 5.11. The molecule has 0 bridgehead atoms. The van der Waals surface area contributed by atoms with E-state index in [-0.39, 0.29) is 6.04 Å². The smallest absolute Gasteiger partial charge is 0.124 e. The van der Waals surface area contributed by atoms with Gasteiger partial charge in [0.25, 0.3) is 0 Å². The summed E-state index contributed by atoms with van der Waals surface area (Å²) in [6.07, 6.45) is 0. The van der Waals surface area contributed by atoms with E-state index < -0.39 is 0 Å². The Balaban J connectivity index is 2.22. The monoisotopic (exact) mass is 216 g/mol. The van der Waals surface area contributed by atoms with Crippen LogP contribution < -0.4 is 0 Å². The highest BCUT2D eigenvalue weighted by Gasteiger charge is 2.22. The van der Waals surface area contributed by atoms with Gasteiger partial charge < -0.3 is 4.74 Å². The van der Waals surface area contributed by atoms with Crippen LogP contribution in [0, 0.1) is 18.3 Å². The van der Waals surface area contributed by atoms with Gasteiger partial charge in [-0.2, -0.15) is 5.26 Å². The van der Waals surface area contributed by atoms with E-state index in [0.717, 1.165) is 31.9 Å². The molecule has 1 aromatic rings. The number of nitrogens with zero attached hydrogens (tertiary/aromatic N) is 2. The van der Waals surface area contributed by atoms with Crippen molar-refractivity contribution in [3.05, 3.63) is 35.4 Å². The van der Waals surface area contributed by atoms with Crippen LogP contribution in [0.25, 0.3) is 0 Å². The van der Waals surface area contributed by atoms with Crippen LogP contribution in [0.2, 0.25) is 0 Å². The summed E-state index contributed by atoms with van der Waals surface area (Å²) in [5, 5.41) is 9.32. The van der Waals surface area contributed by atoms with Gasteiger partial charge in [0.15, 0.2) is 0 Å². The Morgan fingerprint density at radius 1 is 1.31 bits per heavy atom. The van der Waals surface area contributed by atoms with E-state index in [0.29, 0.717) is 0 Å². The first-order chi connectivity index (χ1) is 7.83. The third kappa shape index (κ3) is 2.24. The van der Waals surface area contributed by atoms with Gasteiger partial charge in [0, 0.05) is 13.1 Å². The molecule has 3 nitrogen and oxygen atoms in total. The van der Waals surface area contributed by atoms with Crippen molar-refractivity contribution < 1.29 is 4.74 Å². The molecule has 2 rings (SSSR count). The Labute approximate surface area is 96.2 Å². The first-order valence-corrected chi connectivity index (χ1v) is 5.60. The SMILES string of the molecule is Cc1ccccc1C(C#N)N1CCOCC1. The van der Waals surface area contributed by atoms with Gasteiger partial charge in [0.1, 0.15) is 6.04 Å². The van der Waals surface area contributed by atoms with Gasteiger partial charge in [-0.3, -0.25) is 4.90 Å². The third-order valence-electron chi connectivity index (χ3n) is 3.02. The second-order valence-electron chi connectivity index (χ2n) is 4.04. The fraction of sp³-hybridized carbons (Fsp3) is 0.462. The van der Waals surface area contributed by atoms with Gasteiger partial charge in [0.05, 0.1) is 19.3 Å². The van der Waals surface area contributed by atoms with E-state index in [2.05, 4.69) is 24.0 Å². The Kier molecular flexibility index (Phi) is 3.55. The quantitative estimate of drug-likeness (QED) is 0.757. The maximum Gasteiger partial charge on any atom is 0.124 e. The van der Waals surface area contributed by atoms with Gasteiger partial charge in [-0.25, -0.2) is 0 Å². The van der Waals surface area contributed by atoms with Crippen LogP contribution in [0.1, 0.15) is 17.2 Å². The lowest BCUT2D eigenvalue weighted by molar-refractivity contribution is 0.0265. The van der Waals surface area contributed by atoms with E-state index in [4.69, 9.17) is 4.74 Å². The highest BCUT2D eigenvalue weighted by atomic mass is 16.5. The maximum absolute atomic E-state index is 9.32. The van der Waals surface area contributed by atoms with Gasteiger partial charge in [-0.1, -0.05) is 24.3 Å². The van der Waals surface area contributed by atoms with E-state index in [1.807, 2.05) is 18.2 Å². The molecule has 0 spiro atoms. The summed E-state index contributed by atoms with van der Waals surface area (Å²) in [7, 11) is 0. The normalized spacial score (nSPS) is 19.0. The zero-order valence-corrected chi connectivity index (χ0v) is 9.52. The first kappa shape index (κ1) is 11.1. The summed E-state index contributed by atoms with van der Waals surface area (Å²) in [4.78, 5) is 2.19. The fourth-order valence-electron chi connectivity index (χ4n) is 2.08. The standard InChI is InChI=1S/C13H16N2O/c1-11-4-2-3-5-12(11)13(10-14)15-6-8-16-9-7-15/h2-5,13H,6-9H2,1H3. The lowest BCUT2D eigenvalue weighted by Crippen LogP contribution is -2.38. The van der Waals surface area contributed by atoms with Crippen LogP contribution in [0.4, 0.5) is 0 Å². The second-order valence-corrected chi connectivity index (χ2v) is 4.04. The van der Waals surface area contributed by atoms with Crippen LogP contribution in [0.5, 0.6) is 0 Å². The Hall–Kier alpha value is -1.37. The van der Waals surface area contributed by atoms with Crippen molar-refractivity contribution in [1.82, 2.24) is 4.90 Å². The molecular weight excluding hydrogens is 200 g/mol. The molecule has 3 heteroatoms. The van der Waals surface area contributed by atoms with Gasteiger partial charge in [0.2, 0.25) is 0 Å². The molecule has 1 saturated heterocycles. The lowest BCUT2D eigenvalue weighted by atomic mass is 10.0. The molecule has 1 aliphatic rings. The van der Waals surface area contributed by atoms with Crippen LogP contribution in [0.3, 0.4) is 0 Å². The van der Waals surface area contributed by atoms with E-state index in [1.165, 1.54) is 5.56 Å². The van der Waals surface area contributed by atoms with Crippen LogP contribution >= 0.6 is 0 Å². The topological polar surface area (TPSA) is 36.3 Å². The highest BCUT2D eigenvalue weighted by molar-refractivity contribution is 5.32. The zero-order valence-electron chi connectivity index (χ0n) is 9.52. The van der Waals surface area contributed by atoms with Crippen molar-refractivity contribution >= 4 is 0 Å². The van der Waals surface area contributed by atoms with Crippen molar-refractivity contribution in [2.45, 2.75) is 13.0 Å². The predicted octanol–water partition coefficient (Wildman–Crippen LogP) is 1.89. The minimum absolute atomic E-state index is 0.134. The Morgan fingerprint density at radius 3 is 2.62 bits per heavy atom. The summed E-state index contributed by atoms with van der Waals surface area (Å²) < 4.78 is 5.31. The average Bonchev–Trinajstić information content (AvgIpc) is 2.34. The molecule has 16 heavy (non-hydrogen) atoms. The zero-order chi connectivity index (χ0) is 11.4. The first-order valence-electron chi connectivity index (χ1n) is 5.60. The number of hydrogen-bond acceptors (Lipinski definition) is 3. The molecule has 1 atom stereocenters. The molecule has 0 N–H and O–H groups in total. The fourth-order valence-corrected chi connectivity index (χ4v) is 2.08. The Bertz CT molecular complexity index is 391. The number of aryl methyl sites for hydroxylation is 1. The summed E-state index contributed by atoms with van der Waals surface area (Å²) in [5.74, 6) is 0. The molecule has 1 aromatic carbocycles. The molecule has 0 aromatic heterocycles. The van der Waals surface area contributed by atoms with Crippen LogP contribution in [0.15, 0.2) is 24.3 Å². The van der Waals surface area contributed by atoms with E-state index >= 15 is 0 Å². The van der Waals surface area contributed by atoms with Gasteiger partial charge in [-0.15, -0.1) is 0 Å². The van der Waals surface area contributed by atoms with Crippen LogP contribution in [-0.4, -0.2) is 31.2 Å². The molecule has 0 amide bonds. The summed E-state index contributed by atoms with van der Waals surface area (Å²) in [5.41, 5.74) is 2.30. The van der Waals surface area contributed by atoms with Gasteiger partial charge in [-0.05, 0) is 18.1 Å². The molecular formula is C13H16N2O. The van der Waals surface area contributed by atoms with Crippen LogP contribution in [-0.2, 0) is 4.74 Å². The molecule has 1 unspecified atom stereocenters. The summed E-state index contributed by atoms with van der Waals surface area (Å²) in [6.45, 7) is 5.19. The predicted molar refractivity (Wildman–Crippen MR) is 61.9 cm³/mol. The lowest BCUT2D eigenvalue weighted by Gasteiger charge is -2.31. The number of ether oxygens (including phenoxy) is 1. The Morgan fingerprint density at radius 2 is 2.00 bits per heavy atom. The van der Waals surface area contributed by atoms with Crippen molar-refractivity contribution in [2.75, 3.05) is 26.3 Å². The van der Waals surface area contributed by atoms with Crippen molar-refractivity contribution in [2.24, 2.45) is 0 Å². The minimum Gasteiger partial charge on any atom is -0.379 e. The van der Waals surface area contributed by atoms with Gasteiger partial charge >= 0.3 is 0 Å². The average molecular weight is 216 g/mol. The molecule has 1 fully saturated rings. The molecule has 84 valence electrons. The van der Waals surface area contributed by atoms with E-state index in [1.54, 1.807) is 0 Å². The van der Waals surface area contributed by atoms with E-state index in [9.17, 15) is 5.26 Å². The number of hydrogen-bond donors (Lipinski definition) is 0. The number of rotatable bonds is 2. The van der Waals surface area contributed by atoms with Crippen molar-refractivity contribution in [3.63, 3.8) is 0 Å². The minimum atomic E-state index is -0.134. The molecule has 0 aliphatic carbocycles. The molecule has 0 saturated carbocycles. The number of benzene rings is 1. The third-order valence-corrected chi connectivity index (χ3v) is 3.02. The largest absolute Gasteiger partial charge is 0.379 e. The number of nitriles is 1. The molecule has 0 radical (unpaired) electrons. The van der Waals surface area contributed by atoms with Crippen molar-refractivity contribution in [3.8, 4) is 6.07 Å². The maximum atomic E-state index is 9.32.